The van der Waals surface area contributed by atoms with Gasteiger partial charge in [0.05, 0.1) is 23.9 Å². The number of aromatic nitrogens is 1. The Labute approximate surface area is 159 Å². The van der Waals surface area contributed by atoms with Crippen LogP contribution in [0.15, 0.2) is 54.6 Å². The van der Waals surface area contributed by atoms with Crippen LogP contribution in [-0.2, 0) is 0 Å². The van der Waals surface area contributed by atoms with Crippen LogP contribution in [0.5, 0.6) is 5.75 Å². The molecule has 0 aliphatic carbocycles. The van der Waals surface area contributed by atoms with Gasteiger partial charge in [0, 0.05) is 23.5 Å². The van der Waals surface area contributed by atoms with Crippen LogP contribution in [0.4, 0.5) is 0 Å². The number of ether oxygens (including phenoxy) is 1. The van der Waals surface area contributed by atoms with Crippen LogP contribution < -0.4 is 4.74 Å². The van der Waals surface area contributed by atoms with Crippen molar-refractivity contribution in [2.45, 2.75) is 32.2 Å². The molecule has 1 saturated heterocycles. The number of pyridine rings is 1. The first-order valence-corrected chi connectivity index (χ1v) is 9.52. The number of benzene rings is 2. The Balaban J connectivity index is 1.82. The number of nitrogens with zero attached hydrogens (tertiary/aromatic N) is 2. The lowest BCUT2D eigenvalue weighted by molar-refractivity contribution is 0.0637. The second-order valence-corrected chi connectivity index (χ2v) is 7.14. The maximum Gasteiger partial charge on any atom is 0.254 e. The van der Waals surface area contributed by atoms with Gasteiger partial charge in [-0.1, -0.05) is 18.2 Å². The Kier molecular flexibility index (Phi) is 4.80. The quantitative estimate of drug-likeness (QED) is 0.665. The van der Waals surface area contributed by atoms with Crippen molar-refractivity contribution < 1.29 is 9.53 Å². The summed E-state index contributed by atoms with van der Waals surface area (Å²) in [6, 6.07) is 17.9. The molecular weight excluding hydrogens is 336 g/mol. The van der Waals surface area contributed by atoms with Crippen molar-refractivity contribution in [3.05, 3.63) is 60.2 Å². The van der Waals surface area contributed by atoms with Crippen LogP contribution in [0.25, 0.3) is 22.2 Å². The monoisotopic (exact) mass is 360 g/mol. The highest BCUT2D eigenvalue weighted by Gasteiger charge is 2.26. The lowest BCUT2D eigenvalue weighted by Crippen LogP contribution is -2.42. The van der Waals surface area contributed by atoms with E-state index in [-0.39, 0.29) is 11.9 Å². The van der Waals surface area contributed by atoms with Gasteiger partial charge in [-0.3, -0.25) is 4.79 Å². The van der Waals surface area contributed by atoms with E-state index in [4.69, 9.17) is 9.72 Å². The summed E-state index contributed by atoms with van der Waals surface area (Å²) in [5.74, 6) is 0.911. The van der Waals surface area contributed by atoms with E-state index in [1.165, 1.54) is 6.42 Å². The molecule has 1 aromatic heterocycles. The fourth-order valence-electron chi connectivity index (χ4n) is 3.82. The standard InChI is InChI=1S/C23H24N2O2/c1-16-7-5-6-14-25(16)23(26)20-15-22(17-10-12-18(27-2)13-11-17)24-21-9-4-3-8-19(20)21/h3-4,8-13,15-16H,5-7,14H2,1-2H3. The molecule has 1 aliphatic rings. The highest BCUT2D eigenvalue weighted by molar-refractivity contribution is 6.07. The van der Waals surface area contributed by atoms with Crippen molar-refractivity contribution >= 4 is 16.8 Å². The molecular formula is C23H24N2O2. The highest BCUT2D eigenvalue weighted by Crippen LogP contribution is 2.28. The molecule has 2 heterocycles. The van der Waals surface area contributed by atoms with Crippen molar-refractivity contribution in [3.8, 4) is 17.0 Å². The molecule has 27 heavy (non-hydrogen) atoms. The summed E-state index contributed by atoms with van der Waals surface area (Å²) in [6.45, 7) is 2.97. The van der Waals surface area contributed by atoms with Gasteiger partial charge in [0.2, 0.25) is 0 Å². The zero-order chi connectivity index (χ0) is 18.8. The molecule has 0 saturated carbocycles. The van der Waals surface area contributed by atoms with E-state index in [2.05, 4.69) is 6.92 Å². The Morgan fingerprint density at radius 3 is 2.63 bits per heavy atom. The Morgan fingerprint density at radius 2 is 1.89 bits per heavy atom. The van der Waals surface area contributed by atoms with E-state index in [0.29, 0.717) is 0 Å². The molecule has 1 unspecified atom stereocenters. The number of carbonyl (C=O) groups is 1. The number of carbonyl (C=O) groups excluding carboxylic acids is 1. The van der Waals surface area contributed by atoms with Crippen LogP contribution in [0.1, 0.15) is 36.5 Å². The summed E-state index contributed by atoms with van der Waals surface area (Å²) in [6.07, 6.45) is 3.34. The molecule has 2 aromatic carbocycles. The predicted molar refractivity (Wildman–Crippen MR) is 108 cm³/mol. The van der Waals surface area contributed by atoms with Gasteiger partial charge in [-0.15, -0.1) is 0 Å². The molecule has 4 rings (SSSR count). The highest BCUT2D eigenvalue weighted by atomic mass is 16.5. The zero-order valence-corrected chi connectivity index (χ0v) is 15.8. The van der Waals surface area contributed by atoms with Gasteiger partial charge < -0.3 is 9.64 Å². The van der Waals surface area contributed by atoms with Gasteiger partial charge in [0.15, 0.2) is 0 Å². The Morgan fingerprint density at radius 1 is 1.11 bits per heavy atom. The number of rotatable bonds is 3. The number of likely N-dealkylation sites (tertiary alicyclic amines) is 1. The first-order valence-electron chi connectivity index (χ1n) is 9.52. The van der Waals surface area contributed by atoms with Crippen LogP contribution in [0.3, 0.4) is 0 Å². The van der Waals surface area contributed by atoms with Gasteiger partial charge in [-0.05, 0) is 62.6 Å². The molecule has 4 heteroatoms. The summed E-state index contributed by atoms with van der Waals surface area (Å²) < 4.78 is 5.25. The Bertz CT molecular complexity index is 966. The summed E-state index contributed by atoms with van der Waals surface area (Å²) in [7, 11) is 1.65. The first-order chi connectivity index (χ1) is 13.2. The van der Waals surface area contributed by atoms with Crippen molar-refractivity contribution in [2.24, 2.45) is 0 Å². The molecule has 0 bridgehead atoms. The number of fused-ring (bicyclic) bond motifs is 1. The topological polar surface area (TPSA) is 42.4 Å². The van der Waals surface area contributed by atoms with Gasteiger partial charge >= 0.3 is 0 Å². The van der Waals surface area contributed by atoms with Crippen LogP contribution in [0, 0.1) is 0 Å². The van der Waals surface area contributed by atoms with E-state index in [1.54, 1.807) is 7.11 Å². The van der Waals surface area contributed by atoms with Crippen LogP contribution in [0.2, 0.25) is 0 Å². The van der Waals surface area contributed by atoms with Gasteiger partial charge in [-0.2, -0.15) is 0 Å². The lowest BCUT2D eigenvalue weighted by atomic mass is 9.99. The van der Waals surface area contributed by atoms with Crippen molar-refractivity contribution in [3.63, 3.8) is 0 Å². The van der Waals surface area contributed by atoms with E-state index in [1.807, 2.05) is 59.5 Å². The molecule has 0 N–H and O–H groups in total. The van der Waals surface area contributed by atoms with Crippen molar-refractivity contribution in [1.29, 1.82) is 0 Å². The smallest absolute Gasteiger partial charge is 0.254 e. The fraction of sp³-hybridized carbons (Fsp3) is 0.304. The first kappa shape index (κ1) is 17.5. The SMILES string of the molecule is COc1ccc(-c2cc(C(=O)N3CCCCC3C)c3ccccc3n2)cc1. The van der Waals surface area contributed by atoms with Gasteiger partial charge in [0.1, 0.15) is 5.75 Å². The largest absolute Gasteiger partial charge is 0.497 e. The number of methoxy groups -OCH3 is 1. The molecule has 3 aromatic rings. The average molecular weight is 360 g/mol. The van der Waals surface area contributed by atoms with Crippen LogP contribution >= 0.6 is 0 Å². The number of piperidine rings is 1. The normalized spacial score (nSPS) is 17.1. The van der Waals surface area contributed by atoms with Gasteiger partial charge in [0.25, 0.3) is 5.91 Å². The van der Waals surface area contributed by atoms with E-state index in [0.717, 1.165) is 52.9 Å². The van der Waals surface area contributed by atoms with E-state index in [9.17, 15) is 4.79 Å². The molecule has 0 radical (unpaired) electrons. The maximum absolute atomic E-state index is 13.4. The molecule has 1 amide bonds. The third-order valence-electron chi connectivity index (χ3n) is 5.40. The summed E-state index contributed by atoms with van der Waals surface area (Å²) in [5, 5.41) is 0.914. The van der Waals surface area contributed by atoms with Crippen LogP contribution in [-0.4, -0.2) is 35.5 Å². The van der Waals surface area contributed by atoms with Crippen molar-refractivity contribution in [1.82, 2.24) is 9.88 Å². The third kappa shape index (κ3) is 3.39. The minimum absolute atomic E-state index is 0.107. The number of hydrogen-bond acceptors (Lipinski definition) is 3. The molecule has 1 fully saturated rings. The number of hydrogen-bond donors (Lipinski definition) is 0. The predicted octanol–water partition coefficient (Wildman–Crippen LogP) is 4.93. The molecule has 1 aliphatic heterocycles. The number of amides is 1. The maximum atomic E-state index is 13.4. The molecule has 0 spiro atoms. The summed E-state index contributed by atoms with van der Waals surface area (Å²) in [4.78, 5) is 20.2. The van der Waals surface area contributed by atoms with Gasteiger partial charge in [-0.25, -0.2) is 4.98 Å². The number of para-hydroxylation sites is 1. The second kappa shape index (κ2) is 7.39. The zero-order valence-electron chi connectivity index (χ0n) is 15.8. The van der Waals surface area contributed by atoms with E-state index < -0.39 is 0 Å². The second-order valence-electron chi connectivity index (χ2n) is 7.14. The minimum atomic E-state index is 0.107. The molecule has 1 atom stereocenters. The van der Waals surface area contributed by atoms with E-state index >= 15 is 0 Å². The van der Waals surface area contributed by atoms with Crippen molar-refractivity contribution in [2.75, 3.05) is 13.7 Å². The minimum Gasteiger partial charge on any atom is -0.497 e. The average Bonchev–Trinajstić information content (AvgIpc) is 2.73. The fourth-order valence-corrected chi connectivity index (χ4v) is 3.82. The molecule has 138 valence electrons. The summed E-state index contributed by atoms with van der Waals surface area (Å²) in [5.41, 5.74) is 3.37. The Hall–Kier alpha value is -2.88. The third-order valence-corrected chi connectivity index (χ3v) is 5.40. The lowest BCUT2D eigenvalue weighted by Gasteiger charge is -2.33. The molecule has 4 nitrogen and oxygen atoms in total. The summed E-state index contributed by atoms with van der Waals surface area (Å²) >= 11 is 0.